The van der Waals surface area contributed by atoms with Crippen LogP contribution in [0.4, 0.5) is 0 Å². The van der Waals surface area contributed by atoms with Gasteiger partial charge in [-0.05, 0) is 56.4 Å². The third-order valence-corrected chi connectivity index (χ3v) is 3.55. The van der Waals surface area contributed by atoms with Gasteiger partial charge in [-0.3, -0.25) is 5.01 Å². The Morgan fingerprint density at radius 3 is 2.47 bits per heavy atom. The molecule has 2 unspecified atom stereocenters. The van der Waals surface area contributed by atoms with Crippen LogP contribution >= 0.6 is 0 Å². The third-order valence-electron chi connectivity index (χ3n) is 3.55. The van der Waals surface area contributed by atoms with Crippen LogP contribution in [-0.2, 0) is 0 Å². The molecule has 0 aliphatic heterocycles. The Bertz CT molecular complexity index is 291. The van der Waals surface area contributed by atoms with Crippen molar-refractivity contribution in [3.63, 3.8) is 0 Å². The minimum absolute atomic E-state index is 1.00. The average Bonchev–Trinajstić information content (AvgIpc) is 2.90. The van der Waals surface area contributed by atoms with Crippen LogP contribution in [0.2, 0.25) is 0 Å². The van der Waals surface area contributed by atoms with Crippen LogP contribution in [0, 0.1) is 11.8 Å². The number of rotatable bonds is 2. The van der Waals surface area contributed by atoms with E-state index in [1.165, 1.54) is 37.0 Å². The fourth-order valence-corrected chi connectivity index (χ4v) is 2.38. The summed E-state index contributed by atoms with van der Waals surface area (Å²) >= 11 is 0. The van der Waals surface area contributed by atoms with E-state index in [0.29, 0.717) is 0 Å². The Hall–Kier alpha value is -0.860. The molecule has 0 bridgehead atoms. The second-order valence-electron chi connectivity index (χ2n) is 5.10. The summed E-state index contributed by atoms with van der Waals surface area (Å²) in [7, 11) is 3.83. The molecular weight excluding hydrogens is 186 g/mol. The second-order valence-corrected chi connectivity index (χ2v) is 5.10. The minimum atomic E-state index is 1.00. The molecule has 0 aromatic heterocycles. The van der Waals surface area contributed by atoms with Crippen LogP contribution in [-0.4, -0.2) is 19.1 Å². The molecule has 2 rings (SSSR count). The largest absolute Gasteiger partial charge is 0.285 e. The molecule has 0 spiro atoms. The molecule has 2 aliphatic rings. The summed E-state index contributed by atoms with van der Waals surface area (Å²) in [6.07, 6.45) is 6.51. The molecule has 0 aromatic carbocycles. The summed E-state index contributed by atoms with van der Waals surface area (Å²) in [5.41, 5.74) is 2.68. The van der Waals surface area contributed by atoms with Gasteiger partial charge in [-0.15, -0.1) is 5.11 Å². The summed E-state index contributed by atoms with van der Waals surface area (Å²) in [4.78, 5) is 0. The molecule has 3 heteroatoms. The van der Waals surface area contributed by atoms with E-state index in [2.05, 4.69) is 17.3 Å². The molecular formula is C12H21N3. The molecule has 3 nitrogen and oxygen atoms in total. The van der Waals surface area contributed by atoms with Crippen molar-refractivity contribution in [3.8, 4) is 0 Å². The van der Waals surface area contributed by atoms with Gasteiger partial charge in [0.2, 0.25) is 0 Å². The third kappa shape index (κ3) is 2.80. The van der Waals surface area contributed by atoms with Crippen LogP contribution in [0.15, 0.2) is 21.6 Å². The minimum Gasteiger partial charge on any atom is -0.285 e. The number of allylic oxidation sites excluding steroid dienone is 2. The zero-order valence-corrected chi connectivity index (χ0v) is 10.0. The van der Waals surface area contributed by atoms with Crippen molar-refractivity contribution < 1.29 is 0 Å². The van der Waals surface area contributed by atoms with Gasteiger partial charge in [0.25, 0.3) is 0 Å². The van der Waals surface area contributed by atoms with Gasteiger partial charge in [-0.25, -0.2) is 0 Å². The van der Waals surface area contributed by atoms with Gasteiger partial charge >= 0.3 is 0 Å². The van der Waals surface area contributed by atoms with Gasteiger partial charge in [0.15, 0.2) is 0 Å². The first-order valence-electron chi connectivity index (χ1n) is 5.94. The first-order chi connectivity index (χ1) is 7.16. The Kier molecular flexibility index (Phi) is 3.08. The van der Waals surface area contributed by atoms with E-state index >= 15 is 0 Å². The fraction of sp³-hybridized carbons (Fsp3) is 0.833. The first-order valence-corrected chi connectivity index (χ1v) is 5.94. The van der Waals surface area contributed by atoms with Crippen LogP contribution in [0.3, 0.4) is 0 Å². The number of fused-ring (bicyclic) bond motifs is 1. The summed E-state index contributed by atoms with van der Waals surface area (Å²) in [5, 5.41) is 10.2. The first kappa shape index (κ1) is 10.7. The SMILES string of the molecule is C/C1=C(\N=N/N(C)C)CCC2CC2CC1. The Labute approximate surface area is 92.2 Å². The topological polar surface area (TPSA) is 28.0 Å². The van der Waals surface area contributed by atoms with Crippen molar-refractivity contribution in [2.24, 2.45) is 22.2 Å². The molecule has 84 valence electrons. The van der Waals surface area contributed by atoms with Crippen molar-refractivity contribution in [1.82, 2.24) is 5.01 Å². The van der Waals surface area contributed by atoms with Gasteiger partial charge in [0, 0.05) is 14.1 Å². The molecule has 1 fully saturated rings. The van der Waals surface area contributed by atoms with Crippen LogP contribution in [0.25, 0.3) is 0 Å². The van der Waals surface area contributed by atoms with Crippen molar-refractivity contribution in [2.45, 2.75) is 39.0 Å². The highest BCUT2D eigenvalue weighted by atomic mass is 15.5. The fourth-order valence-electron chi connectivity index (χ4n) is 2.38. The average molecular weight is 207 g/mol. The van der Waals surface area contributed by atoms with E-state index in [-0.39, 0.29) is 0 Å². The lowest BCUT2D eigenvalue weighted by atomic mass is 9.99. The van der Waals surface area contributed by atoms with E-state index in [4.69, 9.17) is 0 Å². The maximum atomic E-state index is 4.35. The quantitative estimate of drug-likeness (QED) is 0.504. The zero-order chi connectivity index (χ0) is 10.8. The summed E-state index contributed by atoms with van der Waals surface area (Å²) in [6.45, 7) is 2.22. The second kappa shape index (κ2) is 4.33. The Morgan fingerprint density at radius 1 is 1.13 bits per heavy atom. The van der Waals surface area contributed by atoms with Gasteiger partial charge in [0.05, 0.1) is 5.70 Å². The predicted octanol–water partition coefficient (Wildman–Crippen LogP) is 3.40. The summed E-state index contributed by atoms with van der Waals surface area (Å²) < 4.78 is 0. The molecule has 0 radical (unpaired) electrons. The molecule has 0 aromatic rings. The standard InChI is InChI=1S/C12H21N3/c1-9-4-5-10-8-11(10)6-7-12(9)13-14-15(2)3/h10-11H,4-8H2,1-3H3/b12-9+,14-13-. The molecule has 0 N–H and O–H groups in total. The summed E-state index contributed by atoms with van der Waals surface area (Å²) in [5.74, 6) is 2.04. The highest BCUT2D eigenvalue weighted by Crippen LogP contribution is 2.48. The molecule has 0 heterocycles. The maximum Gasteiger partial charge on any atom is 0.0637 e. The lowest BCUT2D eigenvalue weighted by Gasteiger charge is -2.11. The van der Waals surface area contributed by atoms with Crippen molar-refractivity contribution in [3.05, 3.63) is 11.3 Å². The van der Waals surface area contributed by atoms with Gasteiger partial charge < -0.3 is 0 Å². The molecule has 0 saturated heterocycles. The molecule has 2 atom stereocenters. The van der Waals surface area contributed by atoms with Gasteiger partial charge in [-0.1, -0.05) is 5.22 Å². The highest BCUT2D eigenvalue weighted by molar-refractivity contribution is 5.13. The van der Waals surface area contributed by atoms with Gasteiger partial charge in [-0.2, -0.15) is 0 Å². The van der Waals surface area contributed by atoms with Crippen molar-refractivity contribution in [1.29, 1.82) is 0 Å². The lowest BCUT2D eigenvalue weighted by Crippen LogP contribution is -2.01. The normalized spacial score (nSPS) is 35.9. The monoisotopic (exact) mass is 207 g/mol. The van der Waals surface area contributed by atoms with Crippen molar-refractivity contribution in [2.75, 3.05) is 14.1 Å². The smallest absolute Gasteiger partial charge is 0.0637 e. The Balaban J connectivity index is 2.02. The molecule has 2 aliphatic carbocycles. The Morgan fingerprint density at radius 2 is 1.80 bits per heavy atom. The van der Waals surface area contributed by atoms with E-state index in [1.54, 1.807) is 5.01 Å². The van der Waals surface area contributed by atoms with Gasteiger partial charge in [0.1, 0.15) is 0 Å². The maximum absolute atomic E-state index is 4.35. The highest BCUT2D eigenvalue weighted by Gasteiger charge is 2.37. The van der Waals surface area contributed by atoms with E-state index in [9.17, 15) is 0 Å². The van der Waals surface area contributed by atoms with E-state index < -0.39 is 0 Å². The van der Waals surface area contributed by atoms with Crippen molar-refractivity contribution >= 4 is 0 Å². The van der Waals surface area contributed by atoms with E-state index in [0.717, 1.165) is 18.3 Å². The number of nitrogens with zero attached hydrogens (tertiary/aromatic N) is 3. The number of hydrogen-bond donors (Lipinski definition) is 0. The van der Waals surface area contributed by atoms with Crippen LogP contribution in [0.1, 0.15) is 39.0 Å². The van der Waals surface area contributed by atoms with E-state index in [1.807, 2.05) is 14.1 Å². The lowest BCUT2D eigenvalue weighted by molar-refractivity contribution is 0.402. The molecule has 1 saturated carbocycles. The predicted molar refractivity (Wildman–Crippen MR) is 61.3 cm³/mol. The van der Waals surface area contributed by atoms with Crippen LogP contribution < -0.4 is 0 Å². The summed E-state index contributed by atoms with van der Waals surface area (Å²) in [6, 6.07) is 0. The zero-order valence-electron chi connectivity index (χ0n) is 10.0. The van der Waals surface area contributed by atoms with Crippen LogP contribution in [0.5, 0.6) is 0 Å². The number of hydrogen-bond acceptors (Lipinski definition) is 2. The molecule has 0 amide bonds. The molecule has 15 heavy (non-hydrogen) atoms.